The lowest BCUT2D eigenvalue weighted by atomic mass is 10.2. The first kappa shape index (κ1) is 12.5. The molecule has 9 heteroatoms. The van der Waals surface area contributed by atoms with E-state index in [9.17, 15) is 20.0 Å². The number of phenolic OH excluding ortho intramolecular Hbond substituents is 1. The van der Waals surface area contributed by atoms with Crippen LogP contribution in [0.5, 0.6) is 5.75 Å². The van der Waals surface area contributed by atoms with Gasteiger partial charge in [-0.25, -0.2) is 4.98 Å². The van der Waals surface area contributed by atoms with Gasteiger partial charge < -0.3 is 10.4 Å². The normalized spacial score (nSPS) is 10.2. The van der Waals surface area contributed by atoms with E-state index in [0.29, 0.717) is 5.82 Å². The zero-order valence-electron chi connectivity index (χ0n) is 9.75. The van der Waals surface area contributed by atoms with Gasteiger partial charge in [0.2, 0.25) is 5.82 Å². The van der Waals surface area contributed by atoms with Crippen LogP contribution in [0.2, 0.25) is 0 Å². The van der Waals surface area contributed by atoms with E-state index < -0.39 is 22.3 Å². The van der Waals surface area contributed by atoms with Crippen LogP contribution in [0.25, 0.3) is 0 Å². The van der Waals surface area contributed by atoms with Crippen LogP contribution in [0.15, 0.2) is 18.2 Å². The summed E-state index contributed by atoms with van der Waals surface area (Å²) in [6.45, 7) is 1.60. The number of aryl methyl sites for hydroxylation is 1. The third-order valence-electron chi connectivity index (χ3n) is 2.26. The van der Waals surface area contributed by atoms with Crippen LogP contribution < -0.4 is 5.32 Å². The molecule has 2 rings (SSSR count). The van der Waals surface area contributed by atoms with Crippen molar-refractivity contribution in [2.45, 2.75) is 6.92 Å². The molecule has 0 unspecified atom stereocenters. The number of nitro groups is 1. The fraction of sp³-hybridized carbons (Fsp3) is 0.100. The highest BCUT2D eigenvalue weighted by atomic mass is 16.6. The molecule has 0 saturated heterocycles. The number of amides is 1. The number of benzene rings is 1. The quantitative estimate of drug-likeness (QED) is 0.429. The van der Waals surface area contributed by atoms with Crippen LogP contribution in [0.1, 0.15) is 16.4 Å². The summed E-state index contributed by atoms with van der Waals surface area (Å²) in [5, 5.41) is 28.7. The number of aromatic nitrogens is 3. The average molecular weight is 263 g/mol. The molecule has 3 N–H and O–H groups in total. The SMILES string of the molecule is Cc1nc(C(=O)Nc2c(O)cccc2[N+](=O)[O-])n[nH]1. The zero-order valence-corrected chi connectivity index (χ0v) is 9.75. The van der Waals surface area contributed by atoms with Crippen molar-refractivity contribution in [1.29, 1.82) is 0 Å². The summed E-state index contributed by atoms with van der Waals surface area (Å²) in [7, 11) is 0. The van der Waals surface area contributed by atoms with Gasteiger partial charge in [-0.3, -0.25) is 20.0 Å². The van der Waals surface area contributed by atoms with E-state index in [1.807, 2.05) is 0 Å². The van der Waals surface area contributed by atoms with E-state index in [4.69, 9.17) is 0 Å². The number of aromatic amines is 1. The lowest BCUT2D eigenvalue weighted by Gasteiger charge is -2.05. The number of rotatable bonds is 3. The number of para-hydroxylation sites is 1. The summed E-state index contributed by atoms with van der Waals surface area (Å²) in [6.07, 6.45) is 0. The van der Waals surface area contributed by atoms with E-state index in [-0.39, 0.29) is 11.5 Å². The first-order valence-corrected chi connectivity index (χ1v) is 5.15. The number of aromatic hydroxyl groups is 1. The van der Waals surface area contributed by atoms with Crippen molar-refractivity contribution in [3.05, 3.63) is 40.0 Å². The van der Waals surface area contributed by atoms with Gasteiger partial charge in [-0.2, -0.15) is 0 Å². The Morgan fingerprint density at radius 2 is 2.26 bits per heavy atom. The highest BCUT2D eigenvalue weighted by Gasteiger charge is 2.21. The third-order valence-corrected chi connectivity index (χ3v) is 2.26. The molecule has 0 aliphatic rings. The van der Waals surface area contributed by atoms with Crippen molar-refractivity contribution in [3.8, 4) is 5.75 Å². The summed E-state index contributed by atoms with van der Waals surface area (Å²) in [6, 6.07) is 3.70. The number of carbonyl (C=O) groups excluding carboxylic acids is 1. The molecule has 0 aliphatic heterocycles. The predicted molar refractivity (Wildman–Crippen MR) is 63.8 cm³/mol. The fourth-order valence-corrected chi connectivity index (χ4v) is 1.42. The van der Waals surface area contributed by atoms with Gasteiger partial charge in [-0.15, -0.1) is 5.10 Å². The molecular weight excluding hydrogens is 254 g/mol. The molecular formula is C10H9N5O4. The first-order valence-electron chi connectivity index (χ1n) is 5.15. The highest BCUT2D eigenvalue weighted by Crippen LogP contribution is 2.33. The summed E-state index contributed by atoms with van der Waals surface area (Å²) in [5.74, 6) is -0.907. The lowest BCUT2D eigenvalue weighted by molar-refractivity contribution is -0.384. The average Bonchev–Trinajstić information content (AvgIpc) is 2.78. The molecule has 19 heavy (non-hydrogen) atoms. The molecule has 0 saturated carbocycles. The Labute approximate surface area is 106 Å². The van der Waals surface area contributed by atoms with Gasteiger partial charge in [-0.05, 0) is 13.0 Å². The minimum Gasteiger partial charge on any atom is -0.505 e. The monoisotopic (exact) mass is 263 g/mol. The molecule has 1 amide bonds. The zero-order chi connectivity index (χ0) is 14.0. The molecule has 2 aromatic rings. The van der Waals surface area contributed by atoms with E-state index in [1.165, 1.54) is 18.2 Å². The number of anilines is 1. The minimum atomic E-state index is -0.756. The number of hydrogen-bond donors (Lipinski definition) is 3. The van der Waals surface area contributed by atoms with Crippen LogP contribution in [0, 0.1) is 17.0 Å². The Morgan fingerprint density at radius 3 is 2.84 bits per heavy atom. The van der Waals surface area contributed by atoms with Gasteiger partial charge in [-0.1, -0.05) is 6.07 Å². The first-order chi connectivity index (χ1) is 8.99. The lowest BCUT2D eigenvalue weighted by Crippen LogP contribution is -2.15. The number of hydrogen-bond acceptors (Lipinski definition) is 6. The minimum absolute atomic E-state index is 0.171. The molecule has 0 bridgehead atoms. The van der Waals surface area contributed by atoms with E-state index in [0.717, 1.165) is 0 Å². The Kier molecular flexibility index (Phi) is 3.10. The summed E-state index contributed by atoms with van der Waals surface area (Å²) < 4.78 is 0. The number of phenols is 1. The largest absolute Gasteiger partial charge is 0.505 e. The highest BCUT2D eigenvalue weighted by molar-refractivity contribution is 6.03. The number of nitrogens with one attached hydrogen (secondary N) is 2. The van der Waals surface area contributed by atoms with Crippen molar-refractivity contribution < 1.29 is 14.8 Å². The molecule has 98 valence electrons. The molecule has 1 aromatic heterocycles. The molecule has 0 radical (unpaired) electrons. The Morgan fingerprint density at radius 1 is 1.53 bits per heavy atom. The van der Waals surface area contributed by atoms with Crippen LogP contribution in [-0.4, -0.2) is 31.1 Å². The predicted octanol–water partition coefficient (Wildman–Crippen LogP) is 0.979. The smallest absolute Gasteiger partial charge is 0.296 e. The van der Waals surface area contributed by atoms with Crippen molar-refractivity contribution in [2.24, 2.45) is 0 Å². The van der Waals surface area contributed by atoms with Gasteiger partial charge in [0, 0.05) is 6.07 Å². The molecule has 9 nitrogen and oxygen atoms in total. The molecule has 1 heterocycles. The van der Waals surface area contributed by atoms with E-state index in [2.05, 4.69) is 20.5 Å². The van der Waals surface area contributed by atoms with Gasteiger partial charge in [0.15, 0.2) is 5.69 Å². The molecule has 0 fully saturated rings. The molecule has 1 aromatic carbocycles. The summed E-state index contributed by atoms with van der Waals surface area (Å²) in [5.41, 5.74) is -0.708. The van der Waals surface area contributed by atoms with Crippen molar-refractivity contribution in [1.82, 2.24) is 15.2 Å². The summed E-state index contributed by atoms with van der Waals surface area (Å²) >= 11 is 0. The van der Waals surface area contributed by atoms with Crippen molar-refractivity contribution in [3.63, 3.8) is 0 Å². The maximum absolute atomic E-state index is 11.8. The maximum atomic E-state index is 11.8. The van der Waals surface area contributed by atoms with E-state index >= 15 is 0 Å². The van der Waals surface area contributed by atoms with Gasteiger partial charge >= 0.3 is 0 Å². The second kappa shape index (κ2) is 4.72. The van der Waals surface area contributed by atoms with Crippen LogP contribution in [0.3, 0.4) is 0 Å². The third kappa shape index (κ3) is 2.49. The second-order valence-electron chi connectivity index (χ2n) is 3.63. The fourth-order valence-electron chi connectivity index (χ4n) is 1.42. The van der Waals surface area contributed by atoms with Crippen LogP contribution in [0.4, 0.5) is 11.4 Å². The Bertz CT molecular complexity index is 651. The van der Waals surface area contributed by atoms with Gasteiger partial charge in [0.1, 0.15) is 11.6 Å². The Balaban J connectivity index is 2.33. The van der Waals surface area contributed by atoms with Crippen LogP contribution in [-0.2, 0) is 0 Å². The number of nitro benzene ring substituents is 1. The Hall–Kier alpha value is -2.97. The summed E-state index contributed by atoms with van der Waals surface area (Å²) in [4.78, 5) is 25.6. The number of H-pyrrole nitrogens is 1. The van der Waals surface area contributed by atoms with Crippen molar-refractivity contribution >= 4 is 17.3 Å². The number of carbonyl (C=O) groups is 1. The van der Waals surface area contributed by atoms with Gasteiger partial charge in [0.05, 0.1) is 4.92 Å². The van der Waals surface area contributed by atoms with Gasteiger partial charge in [0.25, 0.3) is 11.6 Å². The van der Waals surface area contributed by atoms with Crippen LogP contribution >= 0.6 is 0 Å². The topological polar surface area (TPSA) is 134 Å². The molecule has 0 aliphatic carbocycles. The number of nitrogens with zero attached hydrogens (tertiary/aromatic N) is 3. The second-order valence-corrected chi connectivity index (χ2v) is 3.63. The van der Waals surface area contributed by atoms with Crippen molar-refractivity contribution in [2.75, 3.05) is 5.32 Å². The maximum Gasteiger partial charge on any atom is 0.296 e. The molecule has 0 atom stereocenters. The molecule has 0 spiro atoms. The standard InChI is InChI=1S/C10H9N5O4/c1-5-11-9(14-13-5)10(17)12-8-6(15(18)19)3-2-4-7(8)16/h2-4,16H,1H3,(H,12,17)(H,11,13,14). The van der Waals surface area contributed by atoms with E-state index in [1.54, 1.807) is 6.92 Å².